The number of nitrogens with zero attached hydrogens (tertiary/aromatic N) is 2. The first kappa shape index (κ1) is 14.1. The molecule has 102 valence electrons. The standard InChI is InChI=1S/C15H19ClN2O/c1-12-15(16)18(13(2)17-12)9-6-10-19-11-14-7-4-3-5-8-14/h3-5,7-8H,6,9-11H2,1-2H3. The highest BCUT2D eigenvalue weighted by Gasteiger charge is 2.08. The molecular weight excluding hydrogens is 260 g/mol. The molecule has 0 spiro atoms. The lowest BCUT2D eigenvalue weighted by Crippen LogP contribution is -2.04. The summed E-state index contributed by atoms with van der Waals surface area (Å²) in [6.45, 7) is 6.14. The predicted octanol–water partition coefficient (Wildman–Crippen LogP) is 3.76. The lowest BCUT2D eigenvalue weighted by molar-refractivity contribution is 0.115. The van der Waals surface area contributed by atoms with E-state index >= 15 is 0 Å². The third-order valence-electron chi connectivity index (χ3n) is 3.04. The first-order chi connectivity index (χ1) is 9.18. The van der Waals surface area contributed by atoms with Crippen molar-refractivity contribution < 1.29 is 4.74 Å². The van der Waals surface area contributed by atoms with E-state index in [2.05, 4.69) is 17.1 Å². The zero-order chi connectivity index (χ0) is 13.7. The first-order valence-electron chi connectivity index (χ1n) is 6.49. The maximum atomic E-state index is 6.18. The zero-order valence-corrected chi connectivity index (χ0v) is 12.2. The van der Waals surface area contributed by atoms with Gasteiger partial charge in [-0.1, -0.05) is 41.9 Å². The summed E-state index contributed by atoms with van der Waals surface area (Å²) in [5.41, 5.74) is 2.10. The van der Waals surface area contributed by atoms with Crippen molar-refractivity contribution in [3.8, 4) is 0 Å². The van der Waals surface area contributed by atoms with Crippen molar-refractivity contribution in [1.82, 2.24) is 9.55 Å². The Labute approximate surface area is 119 Å². The molecule has 0 fully saturated rings. The smallest absolute Gasteiger partial charge is 0.131 e. The number of benzene rings is 1. The van der Waals surface area contributed by atoms with Gasteiger partial charge in [0.05, 0.1) is 12.3 Å². The maximum absolute atomic E-state index is 6.18. The lowest BCUT2D eigenvalue weighted by Gasteiger charge is -2.07. The fourth-order valence-corrected chi connectivity index (χ4v) is 2.28. The minimum atomic E-state index is 0.663. The summed E-state index contributed by atoms with van der Waals surface area (Å²) < 4.78 is 7.68. The molecule has 0 aliphatic heterocycles. The number of aromatic nitrogens is 2. The minimum absolute atomic E-state index is 0.663. The third kappa shape index (κ3) is 3.82. The molecule has 1 aromatic carbocycles. The summed E-state index contributed by atoms with van der Waals surface area (Å²) in [5, 5.41) is 0.737. The van der Waals surface area contributed by atoms with Crippen LogP contribution < -0.4 is 0 Å². The normalized spacial score (nSPS) is 10.9. The molecule has 4 heteroatoms. The molecule has 0 amide bonds. The number of ether oxygens (including phenoxy) is 1. The van der Waals surface area contributed by atoms with Gasteiger partial charge in [-0.3, -0.25) is 0 Å². The van der Waals surface area contributed by atoms with Crippen LogP contribution in [0.3, 0.4) is 0 Å². The van der Waals surface area contributed by atoms with Crippen molar-refractivity contribution in [2.75, 3.05) is 6.61 Å². The Balaban J connectivity index is 1.72. The molecule has 0 saturated carbocycles. The van der Waals surface area contributed by atoms with Crippen LogP contribution in [0.5, 0.6) is 0 Å². The van der Waals surface area contributed by atoms with Gasteiger partial charge in [-0.25, -0.2) is 4.98 Å². The van der Waals surface area contributed by atoms with E-state index in [9.17, 15) is 0 Å². The third-order valence-corrected chi connectivity index (χ3v) is 3.52. The van der Waals surface area contributed by atoms with Crippen molar-refractivity contribution in [1.29, 1.82) is 0 Å². The van der Waals surface area contributed by atoms with E-state index in [4.69, 9.17) is 16.3 Å². The topological polar surface area (TPSA) is 27.1 Å². The highest BCUT2D eigenvalue weighted by Crippen LogP contribution is 2.17. The number of imidazole rings is 1. The van der Waals surface area contributed by atoms with Gasteiger partial charge in [0.15, 0.2) is 0 Å². The summed E-state index contributed by atoms with van der Waals surface area (Å²) in [6.07, 6.45) is 0.934. The van der Waals surface area contributed by atoms with E-state index in [0.29, 0.717) is 6.61 Å². The first-order valence-corrected chi connectivity index (χ1v) is 6.87. The summed E-state index contributed by atoms with van der Waals surface area (Å²) in [4.78, 5) is 4.35. The molecule has 0 bridgehead atoms. The van der Waals surface area contributed by atoms with Crippen LogP contribution in [0.4, 0.5) is 0 Å². The predicted molar refractivity (Wildman–Crippen MR) is 77.4 cm³/mol. The van der Waals surface area contributed by atoms with Gasteiger partial charge in [0.1, 0.15) is 11.0 Å². The van der Waals surface area contributed by atoms with Crippen LogP contribution in [0.15, 0.2) is 30.3 Å². The van der Waals surface area contributed by atoms with Crippen LogP contribution in [0.2, 0.25) is 5.15 Å². The summed E-state index contributed by atoms with van der Waals surface area (Å²) >= 11 is 6.18. The van der Waals surface area contributed by atoms with Crippen LogP contribution >= 0.6 is 11.6 Å². The highest BCUT2D eigenvalue weighted by molar-refractivity contribution is 6.30. The van der Waals surface area contributed by atoms with Crippen LogP contribution in [0.25, 0.3) is 0 Å². The Morgan fingerprint density at radius 3 is 2.58 bits per heavy atom. The van der Waals surface area contributed by atoms with Crippen molar-refractivity contribution in [2.45, 2.75) is 33.4 Å². The van der Waals surface area contributed by atoms with E-state index in [1.165, 1.54) is 5.56 Å². The van der Waals surface area contributed by atoms with Gasteiger partial charge < -0.3 is 9.30 Å². The molecule has 0 aliphatic rings. The van der Waals surface area contributed by atoms with E-state index in [1.807, 2.05) is 36.6 Å². The molecule has 0 atom stereocenters. The van der Waals surface area contributed by atoms with Crippen molar-refractivity contribution in [3.05, 3.63) is 52.6 Å². The molecule has 0 aliphatic carbocycles. The quantitative estimate of drug-likeness (QED) is 0.752. The number of hydrogen-bond acceptors (Lipinski definition) is 2. The average molecular weight is 279 g/mol. The Kier molecular flexibility index (Phi) is 5.00. The minimum Gasteiger partial charge on any atom is -0.377 e. The zero-order valence-electron chi connectivity index (χ0n) is 11.4. The fraction of sp³-hybridized carbons (Fsp3) is 0.400. The molecular formula is C15H19ClN2O. The van der Waals surface area contributed by atoms with Gasteiger partial charge in [-0.05, 0) is 25.8 Å². The Morgan fingerprint density at radius 1 is 1.21 bits per heavy atom. The number of rotatable bonds is 6. The van der Waals surface area contributed by atoms with Crippen LogP contribution in [0, 0.1) is 13.8 Å². The van der Waals surface area contributed by atoms with E-state index in [-0.39, 0.29) is 0 Å². The molecule has 2 rings (SSSR count). The van der Waals surface area contributed by atoms with E-state index in [1.54, 1.807) is 0 Å². The summed E-state index contributed by atoms with van der Waals surface area (Å²) in [6, 6.07) is 10.2. The molecule has 0 N–H and O–H groups in total. The Bertz CT molecular complexity index is 522. The summed E-state index contributed by atoms with van der Waals surface area (Å²) in [5.74, 6) is 0.963. The van der Waals surface area contributed by atoms with Gasteiger partial charge in [0, 0.05) is 13.2 Å². The van der Waals surface area contributed by atoms with Gasteiger partial charge >= 0.3 is 0 Å². The van der Waals surface area contributed by atoms with Gasteiger partial charge in [0.25, 0.3) is 0 Å². The molecule has 2 aromatic rings. The molecule has 0 unspecified atom stereocenters. The van der Waals surface area contributed by atoms with Crippen molar-refractivity contribution in [3.63, 3.8) is 0 Å². The molecule has 0 radical (unpaired) electrons. The average Bonchev–Trinajstić information content (AvgIpc) is 2.65. The number of aryl methyl sites for hydroxylation is 2. The van der Waals surface area contributed by atoms with Crippen LogP contribution in [0.1, 0.15) is 23.5 Å². The highest BCUT2D eigenvalue weighted by atomic mass is 35.5. The fourth-order valence-electron chi connectivity index (χ4n) is 2.04. The summed E-state index contributed by atoms with van der Waals surface area (Å²) in [7, 11) is 0. The number of halogens is 1. The molecule has 0 saturated heterocycles. The monoisotopic (exact) mass is 278 g/mol. The van der Waals surface area contributed by atoms with Gasteiger partial charge in [0.2, 0.25) is 0 Å². The molecule has 1 heterocycles. The van der Waals surface area contributed by atoms with E-state index < -0.39 is 0 Å². The molecule has 1 aromatic heterocycles. The largest absolute Gasteiger partial charge is 0.377 e. The molecule has 19 heavy (non-hydrogen) atoms. The second-order valence-corrected chi connectivity index (χ2v) is 4.94. The van der Waals surface area contributed by atoms with Crippen molar-refractivity contribution in [2.24, 2.45) is 0 Å². The lowest BCUT2D eigenvalue weighted by atomic mass is 10.2. The number of hydrogen-bond donors (Lipinski definition) is 0. The van der Waals surface area contributed by atoms with Crippen molar-refractivity contribution >= 4 is 11.6 Å². The Hall–Kier alpha value is -1.32. The maximum Gasteiger partial charge on any atom is 0.131 e. The molecule has 3 nitrogen and oxygen atoms in total. The second-order valence-electron chi connectivity index (χ2n) is 4.58. The van der Waals surface area contributed by atoms with Gasteiger partial charge in [-0.15, -0.1) is 0 Å². The Morgan fingerprint density at radius 2 is 1.95 bits per heavy atom. The van der Waals surface area contributed by atoms with Crippen LogP contribution in [-0.4, -0.2) is 16.2 Å². The second kappa shape index (κ2) is 6.73. The van der Waals surface area contributed by atoms with E-state index in [0.717, 1.165) is 36.2 Å². The van der Waals surface area contributed by atoms with Gasteiger partial charge in [-0.2, -0.15) is 0 Å². The van der Waals surface area contributed by atoms with Crippen LogP contribution in [-0.2, 0) is 17.9 Å². The SMILES string of the molecule is Cc1nc(C)n(CCCOCc2ccccc2)c1Cl.